The van der Waals surface area contributed by atoms with E-state index in [9.17, 15) is 9.59 Å². The molecule has 0 spiro atoms. The van der Waals surface area contributed by atoms with Gasteiger partial charge < -0.3 is 10.4 Å². The van der Waals surface area contributed by atoms with Gasteiger partial charge in [-0.1, -0.05) is 31.4 Å². The quantitative estimate of drug-likeness (QED) is 0.867. The smallest absolute Gasteiger partial charge is 0.307 e. The average Bonchev–Trinajstić information content (AvgIpc) is 2.41. The first kappa shape index (κ1) is 14.6. The van der Waals surface area contributed by atoms with Crippen molar-refractivity contribution >= 4 is 17.6 Å². The van der Waals surface area contributed by atoms with E-state index >= 15 is 0 Å². The number of carbonyl (C=O) groups excluding carboxylic acids is 1. The zero-order valence-electron chi connectivity index (χ0n) is 11.6. The van der Waals surface area contributed by atoms with Crippen LogP contribution in [0.2, 0.25) is 0 Å². The number of amides is 1. The third kappa shape index (κ3) is 4.68. The summed E-state index contributed by atoms with van der Waals surface area (Å²) in [6, 6.07) is 7.00. The molecule has 2 rings (SSSR count). The molecule has 0 aliphatic heterocycles. The fourth-order valence-electron chi connectivity index (χ4n) is 2.75. The molecule has 1 aromatic rings. The maximum absolute atomic E-state index is 11.9. The first-order valence-electron chi connectivity index (χ1n) is 7.24. The molecule has 0 bridgehead atoms. The molecule has 4 heteroatoms. The van der Waals surface area contributed by atoms with Crippen LogP contribution in [0, 0.1) is 5.92 Å². The van der Waals surface area contributed by atoms with E-state index in [-0.39, 0.29) is 12.3 Å². The molecule has 20 heavy (non-hydrogen) atoms. The molecular formula is C16H21NO3. The minimum atomic E-state index is -0.848. The molecule has 0 atom stereocenters. The molecule has 1 amide bonds. The number of nitrogens with one attached hydrogen (secondary N) is 1. The van der Waals surface area contributed by atoms with Gasteiger partial charge in [0.25, 0.3) is 0 Å². The average molecular weight is 275 g/mol. The summed E-state index contributed by atoms with van der Waals surface area (Å²) in [6.45, 7) is 0. The van der Waals surface area contributed by atoms with E-state index in [1.165, 1.54) is 19.3 Å². The van der Waals surface area contributed by atoms with Crippen LogP contribution in [0.4, 0.5) is 5.69 Å². The summed E-state index contributed by atoms with van der Waals surface area (Å²) in [6.07, 6.45) is 6.69. The van der Waals surface area contributed by atoms with Gasteiger partial charge in [-0.3, -0.25) is 9.59 Å². The topological polar surface area (TPSA) is 66.4 Å². The number of carboxylic acid groups (broad SMARTS) is 1. The van der Waals surface area contributed by atoms with Crippen molar-refractivity contribution < 1.29 is 14.7 Å². The maximum atomic E-state index is 11.9. The van der Waals surface area contributed by atoms with Crippen LogP contribution >= 0.6 is 0 Å². The Bertz CT molecular complexity index is 461. The summed E-state index contributed by atoms with van der Waals surface area (Å²) in [4.78, 5) is 22.5. The van der Waals surface area contributed by atoms with E-state index in [4.69, 9.17) is 5.11 Å². The van der Waals surface area contributed by atoms with Crippen LogP contribution in [0.25, 0.3) is 0 Å². The van der Waals surface area contributed by atoms with Crippen LogP contribution in [-0.2, 0) is 16.0 Å². The van der Waals surface area contributed by atoms with E-state index in [1.54, 1.807) is 24.3 Å². The van der Waals surface area contributed by atoms with E-state index < -0.39 is 5.97 Å². The Labute approximate surface area is 119 Å². The standard InChI is InChI=1S/C16H21NO3/c18-15(10-12-4-2-1-3-5-12)17-14-8-6-13(7-9-14)11-16(19)20/h6-9,12H,1-5,10-11H2,(H,17,18)(H,19,20). The van der Waals surface area contributed by atoms with Crippen LogP contribution in [0.3, 0.4) is 0 Å². The van der Waals surface area contributed by atoms with Crippen LogP contribution in [-0.4, -0.2) is 17.0 Å². The highest BCUT2D eigenvalue weighted by Crippen LogP contribution is 2.26. The number of carbonyl (C=O) groups is 2. The second kappa shape index (κ2) is 7.08. The van der Waals surface area contributed by atoms with Crippen molar-refractivity contribution in [3.63, 3.8) is 0 Å². The summed E-state index contributed by atoms with van der Waals surface area (Å²) < 4.78 is 0. The number of anilines is 1. The first-order valence-corrected chi connectivity index (χ1v) is 7.24. The van der Waals surface area contributed by atoms with Gasteiger partial charge in [-0.15, -0.1) is 0 Å². The number of aliphatic carboxylic acids is 1. The van der Waals surface area contributed by atoms with Crippen LogP contribution < -0.4 is 5.32 Å². The fraction of sp³-hybridized carbons (Fsp3) is 0.500. The van der Waals surface area contributed by atoms with Gasteiger partial charge in [0.05, 0.1) is 6.42 Å². The third-order valence-corrected chi connectivity index (χ3v) is 3.79. The molecule has 0 radical (unpaired) electrons. The van der Waals surface area contributed by atoms with Gasteiger partial charge >= 0.3 is 5.97 Å². The van der Waals surface area contributed by atoms with E-state index in [1.807, 2.05) is 0 Å². The van der Waals surface area contributed by atoms with Crippen LogP contribution in [0.1, 0.15) is 44.1 Å². The number of hydrogen-bond donors (Lipinski definition) is 2. The van der Waals surface area contributed by atoms with Gasteiger partial charge in [-0.25, -0.2) is 0 Å². The Balaban J connectivity index is 1.82. The first-order chi connectivity index (χ1) is 9.63. The van der Waals surface area contributed by atoms with E-state index in [2.05, 4.69) is 5.32 Å². The minimum absolute atomic E-state index is 0.0102. The van der Waals surface area contributed by atoms with Crippen molar-refractivity contribution in [2.75, 3.05) is 5.32 Å². The highest BCUT2D eigenvalue weighted by Gasteiger charge is 2.16. The molecule has 108 valence electrons. The lowest BCUT2D eigenvalue weighted by Crippen LogP contribution is -2.18. The van der Waals surface area contributed by atoms with Gasteiger partial charge in [-0.2, -0.15) is 0 Å². The lowest BCUT2D eigenvalue weighted by atomic mass is 9.87. The van der Waals surface area contributed by atoms with Gasteiger partial charge in [0.1, 0.15) is 0 Å². The summed E-state index contributed by atoms with van der Waals surface area (Å²) >= 11 is 0. The van der Waals surface area contributed by atoms with Crippen LogP contribution in [0.15, 0.2) is 24.3 Å². The highest BCUT2D eigenvalue weighted by atomic mass is 16.4. The Morgan fingerprint density at radius 1 is 1.10 bits per heavy atom. The van der Waals surface area contributed by atoms with Gasteiger partial charge in [0.15, 0.2) is 0 Å². The molecule has 1 aliphatic carbocycles. The summed E-state index contributed by atoms with van der Waals surface area (Å²) in [5.74, 6) is -0.267. The van der Waals surface area contributed by atoms with Crippen molar-refractivity contribution in [3.8, 4) is 0 Å². The number of hydrogen-bond acceptors (Lipinski definition) is 2. The van der Waals surface area contributed by atoms with Gasteiger partial charge in [0.2, 0.25) is 5.91 Å². The highest BCUT2D eigenvalue weighted by molar-refractivity contribution is 5.90. The second-order valence-electron chi connectivity index (χ2n) is 5.52. The Hall–Kier alpha value is -1.84. The predicted molar refractivity (Wildman–Crippen MR) is 77.6 cm³/mol. The molecule has 1 saturated carbocycles. The SMILES string of the molecule is O=C(O)Cc1ccc(NC(=O)CC2CCCCC2)cc1. The molecule has 1 aromatic carbocycles. The normalized spacial score (nSPS) is 15.8. The zero-order valence-corrected chi connectivity index (χ0v) is 11.6. The summed E-state index contributed by atoms with van der Waals surface area (Å²) in [5.41, 5.74) is 1.47. The molecule has 1 fully saturated rings. The molecule has 0 aromatic heterocycles. The molecule has 1 aliphatic rings. The van der Waals surface area contributed by atoms with Crippen molar-refractivity contribution in [2.45, 2.75) is 44.9 Å². The molecule has 0 unspecified atom stereocenters. The lowest BCUT2D eigenvalue weighted by molar-refractivity contribution is -0.136. The largest absolute Gasteiger partial charge is 0.481 e. The van der Waals surface area contributed by atoms with Crippen molar-refractivity contribution in [2.24, 2.45) is 5.92 Å². The van der Waals surface area contributed by atoms with Crippen LogP contribution in [0.5, 0.6) is 0 Å². The molecule has 4 nitrogen and oxygen atoms in total. The number of benzene rings is 1. The molecule has 0 heterocycles. The monoisotopic (exact) mass is 275 g/mol. The van der Waals surface area contributed by atoms with Crippen molar-refractivity contribution in [1.29, 1.82) is 0 Å². The van der Waals surface area contributed by atoms with Crippen molar-refractivity contribution in [1.82, 2.24) is 0 Å². The lowest BCUT2D eigenvalue weighted by Gasteiger charge is -2.20. The Morgan fingerprint density at radius 3 is 2.35 bits per heavy atom. The summed E-state index contributed by atoms with van der Waals surface area (Å²) in [7, 11) is 0. The molecule has 0 saturated heterocycles. The Kier molecular flexibility index (Phi) is 5.16. The molecular weight excluding hydrogens is 254 g/mol. The van der Waals surface area contributed by atoms with Crippen molar-refractivity contribution in [3.05, 3.63) is 29.8 Å². The minimum Gasteiger partial charge on any atom is -0.481 e. The number of rotatable bonds is 5. The molecule has 2 N–H and O–H groups in total. The Morgan fingerprint density at radius 2 is 1.75 bits per heavy atom. The zero-order chi connectivity index (χ0) is 14.4. The van der Waals surface area contributed by atoms with Gasteiger partial charge in [-0.05, 0) is 36.5 Å². The maximum Gasteiger partial charge on any atom is 0.307 e. The summed E-state index contributed by atoms with van der Waals surface area (Å²) in [5, 5.41) is 11.6. The van der Waals surface area contributed by atoms with Gasteiger partial charge in [0, 0.05) is 12.1 Å². The third-order valence-electron chi connectivity index (χ3n) is 3.79. The van der Waals surface area contributed by atoms with E-state index in [0.29, 0.717) is 12.3 Å². The predicted octanol–water partition coefficient (Wildman–Crippen LogP) is 3.22. The second-order valence-corrected chi connectivity index (χ2v) is 5.52. The number of carboxylic acids is 1. The fourth-order valence-corrected chi connectivity index (χ4v) is 2.75. The van der Waals surface area contributed by atoms with E-state index in [0.717, 1.165) is 24.1 Å².